The van der Waals surface area contributed by atoms with Crippen molar-refractivity contribution in [2.75, 3.05) is 0 Å². The van der Waals surface area contributed by atoms with Gasteiger partial charge in [-0.15, -0.1) is 11.3 Å². The van der Waals surface area contributed by atoms with Crippen LogP contribution >= 0.6 is 11.3 Å². The third-order valence-corrected chi connectivity index (χ3v) is 11.4. The van der Waals surface area contributed by atoms with Gasteiger partial charge in [-0.05, 0) is 51.9 Å². The van der Waals surface area contributed by atoms with Gasteiger partial charge in [-0.2, -0.15) is 0 Å². The van der Waals surface area contributed by atoms with Gasteiger partial charge in [0.15, 0.2) is 17.5 Å². The minimum atomic E-state index is 0.652. The van der Waals surface area contributed by atoms with Gasteiger partial charge < -0.3 is 4.57 Å². The first kappa shape index (κ1) is 29.1. The smallest absolute Gasteiger partial charge is 0.165 e. The molecule has 11 rings (SSSR count). The molecule has 0 fully saturated rings. The summed E-state index contributed by atoms with van der Waals surface area (Å²) in [6.07, 6.45) is 0. The molecule has 0 spiro atoms. The molecule has 242 valence electrons. The summed E-state index contributed by atoms with van der Waals surface area (Å²) < 4.78 is 4.81. The van der Waals surface area contributed by atoms with Crippen LogP contribution in [0.15, 0.2) is 170 Å². The zero-order valence-electron chi connectivity index (χ0n) is 27.9. The molecular weight excluding hydrogens is 653 g/mol. The SMILES string of the molecule is c1ccc(-c2nc(-c3ccccc3)nc(-c3cc(-n4c5ccccc5c5c6ccc7ccccc7c6ccc54)cc4c3sc3ccccc34)n2)cc1. The lowest BCUT2D eigenvalue weighted by Gasteiger charge is -2.13. The fraction of sp³-hybridized carbons (Fsp3) is 0. The van der Waals surface area contributed by atoms with Crippen molar-refractivity contribution in [3.8, 4) is 39.9 Å². The Bertz CT molecular complexity index is 3120. The predicted octanol–water partition coefficient (Wildman–Crippen LogP) is 12.6. The Morgan fingerprint density at radius 3 is 1.79 bits per heavy atom. The number of nitrogens with zero attached hydrogens (tertiary/aromatic N) is 4. The van der Waals surface area contributed by atoms with E-state index in [9.17, 15) is 0 Å². The highest BCUT2D eigenvalue weighted by Crippen LogP contribution is 2.44. The van der Waals surface area contributed by atoms with Crippen molar-refractivity contribution in [1.82, 2.24) is 19.5 Å². The first-order valence-corrected chi connectivity index (χ1v) is 18.3. The van der Waals surface area contributed by atoms with Crippen molar-refractivity contribution in [3.05, 3.63) is 170 Å². The van der Waals surface area contributed by atoms with Crippen molar-refractivity contribution >= 4 is 74.9 Å². The molecule has 0 bridgehead atoms. The summed E-state index contributed by atoms with van der Waals surface area (Å²) in [6, 6.07) is 60.3. The molecule has 0 aliphatic heterocycles. The van der Waals surface area contributed by atoms with Crippen LogP contribution in [0.2, 0.25) is 0 Å². The Morgan fingerprint density at radius 2 is 1.02 bits per heavy atom. The standard InChI is InChI=1S/C47H28N4S/c1-3-14-30(15-4-1)45-48-46(31-16-5-2-6-17-31)50-47(49-45)39-28-32(27-38-35-19-10-12-22-42(35)52-44(38)39)51-40-21-11-9-20-37(40)43-36-24-23-29-13-7-8-18-33(29)34(36)25-26-41(43)51/h1-28H. The Kier molecular flexibility index (Phi) is 6.39. The molecule has 0 aliphatic carbocycles. The van der Waals surface area contributed by atoms with Crippen molar-refractivity contribution in [2.24, 2.45) is 0 Å². The highest BCUT2D eigenvalue weighted by Gasteiger charge is 2.21. The molecule has 8 aromatic carbocycles. The van der Waals surface area contributed by atoms with E-state index < -0.39 is 0 Å². The van der Waals surface area contributed by atoms with Crippen molar-refractivity contribution in [1.29, 1.82) is 0 Å². The second-order valence-electron chi connectivity index (χ2n) is 13.2. The molecule has 11 aromatic rings. The summed E-state index contributed by atoms with van der Waals surface area (Å²) in [5, 5.41) is 9.94. The Hall–Kier alpha value is -6.69. The van der Waals surface area contributed by atoms with Gasteiger partial charge in [0.05, 0.1) is 11.0 Å². The van der Waals surface area contributed by atoms with Gasteiger partial charge in [-0.25, -0.2) is 15.0 Å². The van der Waals surface area contributed by atoms with Crippen LogP contribution in [-0.4, -0.2) is 19.5 Å². The van der Waals surface area contributed by atoms with E-state index in [-0.39, 0.29) is 0 Å². The molecule has 0 N–H and O–H groups in total. The number of hydrogen-bond acceptors (Lipinski definition) is 4. The van der Waals surface area contributed by atoms with Crippen molar-refractivity contribution < 1.29 is 0 Å². The van der Waals surface area contributed by atoms with Gasteiger partial charge >= 0.3 is 0 Å². The summed E-state index contributed by atoms with van der Waals surface area (Å²) in [5.74, 6) is 1.96. The molecule has 0 amide bonds. The minimum Gasteiger partial charge on any atom is -0.309 e. The maximum absolute atomic E-state index is 5.21. The van der Waals surface area contributed by atoms with Crippen LogP contribution in [0.3, 0.4) is 0 Å². The van der Waals surface area contributed by atoms with Crippen molar-refractivity contribution in [3.63, 3.8) is 0 Å². The lowest BCUT2D eigenvalue weighted by Crippen LogP contribution is -2.01. The fourth-order valence-corrected chi connectivity index (χ4v) is 9.06. The largest absolute Gasteiger partial charge is 0.309 e. The zero-order valence-corrected chi connectivity index (χ0v) is 28.7. The summed E-state index contributed by atoms with van der Waals surface area (Å²) >= 11 is 1.79. The minimum absolute atomic E-state index is 0.652. The number of aromatic nitrogens is 4. The number of fused-ring (bicyclic) bond motifs is 10. The Morgan fingerprint density at radius 1 is 0.404 bits per heavy atom. The number of thiophene rings is 1. The maximum atomic E-state index is 5.21. The molecule has 0 saturated heterocycles. The van der Waals surface area contributed by atoms with Crippen LogP contribution in [0, 0.1) is 0 Å². The quantitative estimate of drug-likeness (QED) is 0.174. The van der Waals surface area contributed by atoms with Crippen LogP contribution in [0.1, 0.15) is 0 Å². The second kappa shape index (κ2) is 11.4. The highest BCUT2D eigenvalue weighted by atomic mass is 32.1. The first-order chi connectivity index (χ1) is 25.8. The number of benzene rings is 8. The van der Waals surface area contributed by atoms with E-state index >= 15 is 0 Å². The molecule has 0 saturated carbocycles. The normalized spacial score (nSPS) is 11.8. The first-order valence-electron chi connectivity index (χ1n) is 17.5. The molecule has 3 aromatic heterocycles. The number of hydrogen-bond donors (Lipinski definition) is 0. The number of rotatable bonds is 4. The monoisotopic (exact) mass is 680 g/mol. The average molecular weight is 681 g/mol. The van der Waals surface area contributed by atoms with Crippen LogP contribution in [0.25, 0.3) is 103 Å². The predicted molar refractivity (Wildman–Crippen MR) is 218 cm³/mol. The van der Waals surface area contributed by atoms with Gasteiger partial charge in [-0.3, -0.25) is 0 Å². The molecule has 5 heteroatoms. The topological polar surface area (TPSA) is 43.6 Å². The molecule has 4 nitrogen and oxygen atoms in total. The van der Waals surface area contributed by atoms with E-state index in [0.717, 1.165) is 32.6 Å². The van der Waals surface area contributed by atoms with Gasteiger partial charge in [0.1, 0.15) is 0 Å². The van der Waals surface area contributed by atoms with Gasteiger partial charge in [0.2, 0.25) is 0 Å². The van der Waals surface area contributed by atoms with E-state index in [1.54, 1.807) is 11.3 Å². The van der Waals surface area contributed by atoms with Crippen LogP contribution in [-0.2, 0) is 0 Å². The molecular formula is C47H28N4S. The van der Waals surface area contributed by atoms with Crippen LogP contribution < -0.4 is 0 Å². The Balaban J connectivity index is 1.25. The third kappa shape index (κ3) is 4.43. The number of para-hydroxylation sites is 1. The molecule has 3 heterocycles. The summed E-state index contributed by atoms with van der Waals surface area (Å²) in [5.41, 5.74) is 6.29. The summed E-state index contributed by atoms with van der Waals surface area (Å²) in [6.45, 7) is 0. The molecule has 0 radical (unpaired) electrons. The van der Waals surface area contributed by atoms with Gasteiger partial charge in [0.25, 0.3) is 0 Å². The lowest BCUT2D eigenvalue weighted by atomic mass is 9.98. The fourth-order valence-electron chi connectivity index (χ4n) is 7.87. The van der Waals surface area contributed by atoms with Crippen LogP contribution in [0.4, 0.5) is 0 Å². The van der Waals surface area contributed by atoms with Crippen molar-refractivity contribution in [2.45, 2.75) is 0 Å². The molecule has 0 atom stereocenters. The summed E-state index contributed by atoms with van der Waals surface area (Å²) in [7, 11) is 0. The zero-order chi connectivity index (χ0) is 34.2. The third-order valence-electron chi connectivity index (χ3n) is 10.2. The van der Waals surface area contributed by atoms with E-state index in [1.807, 2.05) is 36.4 Å². The van der Waals surface area contributed by atoms with E-state index in [1.165, 1.54) is 53.3 Å². The second-order valence-corrected chi connectivity index (χ2v) is 14.3. The summed E-state index contributed by atoms with van der Waals surface area (Å²) in [4.78, 5) is 15.4. The maximum Gasteiger partial charge on any atom is 0.165 e. The average Bonchev–Trinajstić information content (AvgIpc) is 3.77. The van der Waals surface area contributed by atoms with Crippen LogP contribution in [0.5, 0.6) is 0 Å². The highest BCUT2D eigenvalue weighted by molar-refractivity contribution is 7.26. The van der Waals surface area contributed by atoms with E-state index in [4.69, 9.17) is 15.0 Å². The Labute approximate surface area is 302 Å². The van der Waals surface area contributed by atoms with E-state index in [0.29, 0.717) is 17.5 Å². The molecule has 0 aliphatic rings. The van der Waals surface area contributed by atoms with Gasteiger partial charge in [0, 0.05) is 53.3 Å². The molecule has 0 unspecified atom stereocenters. The van der Waals surface area contributed by atoms with Gasteiger partial charge in [-0.1, -0.05) is 140 Å². The lowest BCUT2D eigenvalue weighted by molar-refractivity contribution is 1.07. The molecule has 52 heavy (non-hydrogen) atoms. The van der Waals surface area contributed by atoms with E-state index in [2.05, 4.69) is 138 Å².